The van der Waals surface area contributed by atoms with E-state index in [0.29, 0.717) is 0 Å². The van der Waals surface area contributed by atoms with Crippen LogP contribution in [0, 0.1) is 17.9 Å². The molecule has 1 aliphatic rings. The van der Waals surface area contributed by atoms with E-state index in [0.717, 1.165) is 25.9 Å². The van der Waals surface area contributed by atoms with Crippen LogP contribution in [0.1, 0.15) is 77.6 Å². The molecular formula is C16H27O. The molecular weight excluding hydrogens is 208 g/mol. The molecule has 1 heterocycles. The number of unbranched alkanes of at least 4 members (excludes halogenated alkanes) is 6. The summed E-state index contributed by atoms with van der Waals surface area (Å²) in [5.41, 5.74) is 0. The van der Waals surface area contributed by atoms with Crippen LogP contribution in [0.2, 0.25) is 0 Å². The summed E-state index contributed by atoms with van der Waals surface area (Å²) in [6.45, 7) is 3.17. The Kier molecular flexibility index (Phi) is 9.14. The van der Waals surface area contributed by atoms with Gasteiger partial charge in [0.05, 0.1) is 0 Å². The molecule has 1 radical (unpaired) electrons. The molecule has 0 saturated carbocycles. The highest BCUT2D eigenvalue weighted by Gasteiger charge is 2.12. The van der Waals surface area contributed by atoms with Crippen LogP contribution in [0.3, 0.4) is 0 Å². The van der Waals surface area contributed by atoms with Crippen molar-refractivity contribution in [3.05, 3.63) is 6.10 Å². The van der Waals surface area contributed by atoms with E-state index in [9.17, 15) is 0 Å². The van der Waals surface area contributed by atoms with Gasteiger partial charge in [0.25, 0.3) is 0 Å². The Balaban J connectivity index is 1.88. The van der Waals surface area contributed by atoms with Gasteiger partial charge in [-0.1, -0.05) is 39.0 Å². The van der Waals surface area contributed by atoms with Crippen LogP contribution >= 0.6 is 0 Å². The van der Waals surface area contributed by atoms with Gasteiger partial charge in [0.1, 0.15) is 6.10 Å². The third kappa shape index (κ3) is 8.27. The number of rotatable bonds is 7. The highest BCUT2D eigenvalue weighted by molar-refractivity contribution is 5.05. The van der Waals surface area contributed by atoms with Crippen molar-refractivity contribution in [3.8, 4) is 11.8 Å². The molecule has 0 spiro atoms. The predicted molar refractivity (Wildman–Crippen MR) is 73.4 cm³/mol. The van der Waals surface area contributed by atoms with Gasteiger partial charge in [-0.15, -0.1) is 11.8 Å². The smallest absolute Gasteiger partial charge is 0.109 e. The van der Waals surface area contributed by atoms with Crippen molar-refractivity contribution in [1.29, 1.82) is 0 Å². The molecule has 1 fully saturated rings. The maximum absolute atomic E-state index is 5.56. The van der Waals surface area contributed by atoms with Gasteiger partial charge in [-0.25, -0.2) is 0 Å². The van der Waals surface area contributed by atoms with E-state index in [1.54, 1.807) is 0 Å². The minimum Gasteiger partial charge on any atom is -0.371 e. The molecule has 1 saturated heterocycles. The summed E-state index contributed by atoms with van der Waals surface area (Å²) in [6, 6.07) is 0. The van der Waals surface area contributed by atoms with Crippen molar-refractivity contribution >= 4 is 0 Å². The zero-order valence-electron chi connectivity index (χ0n) is 11.4. The highest BCUT2D eigenvalue weighted by atomic mass is 16.5. The van der Waals surface area contributed by atoms with Gasteiger partial charge in [-0.2, -0.15) is 0 Å². The molecule has 0 aliphatic carbocycles. The van der Waals surface area contributed by atoms with E-state index in [-0.39, 0.29) is 0 Å². The van der Waals surface area contributed by atoms with Gasteiger partial charge >= 0.3 is 0 Å². The van der Waals surface area contributed by atoms with Crippen molar-refractivity contribution in [3.63, 3.8) is 0 Å². The normalized spacial score (nSPS) is 16.5. The van der Waals surface area contributed by atoms with E-state index >= 15 is 0 Å². The summed E-state index contributed by atoms with van der Waals surface area (Å²) >= 11 is 0. The van der Waals surface area contributed by atoms with Crippen LogP contribution in [0.25, 0.3) is 0 Å². The van der Waals surface area contributed by atoms with Gasteiger partial charge in [0, 0.05) is 19.4 Å². The van der Waals surface area contributed by atoms with Crippen molar-refractivity contribution in [2.75, 3.05) is 6.61 Å². The Bertz CT molecular complexity index is 217. The Morgan fingerprint density at radius 1 is 1.00 bits per heavy atom. The van der Waals surface area contributed by atoms with Gasteiger partial charge in [-0.3, -0.25) is 0 Å². The first-order valence-electron chi connectivity index (χ1n) is 7.36. The summed E-state index contributed by atoms with van der Waals surface area (Å²) in [4.78, 5) is 0. The van der Waals surface area contributed by atoms with Crippen LogP contribution in [0.4, 0.5) is 0 Å². The lowest BCUT2D eigenvalue weighted by molar-refractivity contribution is 0.0999. The van der Waals surface area contributed by atoms with Gasteiger partial charge < -0.3 is 4.74 Å². The molecule has 1 rings (SSSR count). The zero-order valence-corrected chi connectivity index (χ0v) is 11.4. The van der Waals surface area contributed by atoms with Crippen LogP contribution in [-0.4, -0.2) is 6.61 Å². The summed E-state index contributed by atoms with van der Waals surface area (Å²) in [7, 11) is 0. The highest BCUT2D eigenvalue weighted by Crippen LogP contribution is 2.21. The molecule has 1 heteroatoms. The number of hydrogen-bond donors (Lipinski definition) is 0. The fourth-order valence-electron chi connectivity index (χ4n) is 2.10. The van der Waals surface area contributed by atoms with Crippen molar-refractivity contribution in [2.24, 2.45) is 0 Å². The standard InChI is InChI=1S/C16H27O/c1-2-3-4-5-6-7-8-9-10-13-16-14-11-12-15-17-16/h2-8,11-15H2,1H3. The molecule has 0 bridgehead atoms. The molecule has 1 aliphatic heterocycles. The Morgan fingerprint density at radius 2 is 1.82 bits per heavy atom. The Hall–Kier alpha value is -0.480. The van der Waals surface area contributed by atoms with Gasteiger partial charge in [0.15, 0.2) is 0 Å². The van der Waals surface area contributed by atoms with E-state index in [1.807, 2.05) is 0 Å². The molecule has 0 amide bonds. The first-order chi connectivity index (χ1) is 8.43. The monoisotopic (exact) mass is 235 g/mol. The second-order valence-electron chi connectivity index (χ2n) is 4.89. The summed E-state index contributed by atoms with van der Waals surface area (Å²) in [5, 5.41) is 0. The minimum atomic E-state index is 0.871. The molecule has 17 heavy (non-hydrogen) atoms. The van der Waals surface area contributed by atoms with Gasteiger partial charge in [-0.05, 0) is 25.7 Å². The zero-order chi connectivity index (χ0) is 12.2. The second-order valence-corrected chi connectivity index (χ2v) is 4.89. The maximum Gasteiger partial charge on any atom is 0.109 e. The molecule has 0 unspecified atom stereocenters. The van der Waals surface area contributed by atoms with E-state index < -0.39 is 0 Å². The fraction of sp³-hybridized carbons (Fsp3) is 0.812. The van der Waals surface area contributed by atoms with Crippen LogP contribution in [-0.2, 0) is 4.74 Å². The summed E-state index contributed by atoms with van der Waals surface area (Å²) in [5.74, 6) is 6.52. The average Bonchev–Trinajstić information content (AvgIpc) is 2.38. The van der Waals surface area contributed by atoms with Crippen LogP contribution in [0.5, 0.6) is 0 Å². The molecule has 0 aromatic rings. The molecule has 0 atom stereocenters. The van der Waals surface area contributed by atoms with Crippen molar-refractivity contribution in [2.45, 2.75) is 77.6 Å². The lowest BCUT2D eigenvalue weighted by atomic mass is 10.1. The lowest BCUT2D eigenvalue weighted by Crippen LogP contribution is -2.10. The topological polar surface area (TPSA) is 9.23 Å². The number of ether oxygens (including phenoxy) is 1. The van der Waals surface area contributed by atoms with Crippen molar-refractivity contribution in [1.82, 2.24) is 0 Å². The maximum atomic E-state index is 5.56. The third-order valence-corrected chi connectivity index (χ3v) is 3.22. The summed E-state index contributed by atoms with van der Waals surface area (Å²) < 4.78 is 5.56. The van der Waals surface area contributed by atoms with E-state index in [2.05, 4.69) is 18.8 Å². The predicted octanol–water partition coefficient (Wildman–Crippen LogP) is 4.86. The third-order valence-electron chi connectivity index (χ3n) is 3.22. The largest absolute Gasteiger partial charge is 0.371 e. The molecule has 1 nitrogen and oxygen atoms in total. The minimum absolute atomic E-state index is 0.871. The second kappa shape index (κ2) is 10.7. The Morgan fingerprint density at radius 3 is 2.59 bits per heavy atom. The number of hydrogen-bond acceptors (Lipinski definition) is 1. The first kappa shape index (κ1) is 14.6. The SMILES string of the molecule is CCCCCCCCC#CC[C]1CCCCO1. The van der Waals surface area contributed by atoms with Crippen molar-refractivity contribution < 1.29 is 4.74 Å². The van der Waals surface area contributed by atoms with E-state index in [1.165, 1.54) is 57.5 Å². The van der Waals surface area contributed by atoms with Crippen LogP contribution in [0.15, 0.2) is 0 Å². The Labute approximate surface area is 107 Å². The van der Waals surface area contributed by atoms with Crippen LogP contribution < -0.4 is 0 Å². The molecule has 0 aromatic heterocycles. The van der Waals surface area contributed by atoms with E-state index in [4.69, 9.17) is 4.74 Å². The first-order valence-corrected chi connectivity index (χ1v) is 7.36. The molecule has 0 aromatic carbocycles. The summed E-state index contributed by atoms with van der Waals surface area (Å²) in [6.07, 6.45) is 14.9. The quantitative estimate of drug-likeness (QED) is 0.452. The molecule has 97 valence electrons. The lowest BCUT2D eigenvalue weighted by Gasteiger charge is -2.18. The average molecular weight is 235 g/mol. The molecule has 0 N–H and O–H groups in total. The fourth-order valence-corrected chi connectivity index (χ4v) is 2.10. The van der Waals surface area contributed by atoms with Gasteiger partial charge in [0.2, 0.25) is 0 Å².